The van der Waals surface area contributed by atoms with Crippen LogP contribution in [0.15, 0.2) is 54.7 Å². The third-order valence-corrected chi connectivity index (χ3v) is 3.72. The minimum absolute atomic E-state index is 0.0686. The molecule has 0 atom stereocenters. The molecule has 0 spiro atoms. The van der Waals surface area contributed by atoms with Gasteiger partial charge < -0.3 is 9.30 Å². The number of carbonyl (C=O) groups is 1. The molecule has 0 unspecified atom stereocenters. The number of benzene rings is 2. The van der Waals surface area contributed by atoms with Crippen LogP contribution >= 0.6 is 0 Å². The monoisotopic (exact) mass is 310 g/mol. The normalized spacial score (nSPS) is 10.7. The van der Waals surface area contributed by atoms with Crippen LogP contribution in [0.4, 0.5) is 5.69 Å². The van der Waals surface area contributed by atoms with Crippen molar-refractivity contribution in [1.29, 1.82) is 0 Å². The Morgan fingerprint density at radius 2 is 1.91 bits per heavy atom. The van der Waals surface area contributed by atoms with Crippen molar-refractivity contribution in [2.45, 2.75) is 6.54 Å². The highest BCUT2D eigenvalue weighted by atomic mass is 16.6. The second kappa shape index (κ2) is 5.92. The summed E-state index contributed by atoms with van der Waals surface area (Å²) in [4.78, 5) is 22.1. The molecule has 116 valence electrons. The van der Waals surface area contributed by atoms with E-state index in [9.17, 15) is 14.9 Å². The largest absolute Gasteiger partial charge is 0.465 e. The molecule has 1 heterocycles. The average molecular weight is 310 g/mol. The van der Waals surface area contributed by atoms with E-state index in [2.05, 4.69) is 0 Å². The molecular weight excluding hydrogens is 296 g/mol. The number of fused-ring (bicyclic) bond motifs is 1. The lowest BCUT2D eigenvalue weighted by Crippen LogP contribution is -2.02. The molecule has 23 heavy (non-hydrogen) atoms. The maximum Gasteiger partial charge on any atom is 0.338 e. The minimum Gasteiger partial charge on any atom is -0.465 e. The molecule has 3 aromatic rings. The maximum absolute atomic E-state index is 11.8. The Morgan fingerprint density at radius 1 is 1.17 bits per heavy atom. The van der Waals surface area contributed by atoms with Gasteiger partial charge >= 0.3 is 5.97 Å². The van der Waals surface area contributed by atoms with Crippen LogP contribution in [-0.4, -0.2) is 22.6 Å². The minimum atomic E-state index is -0.419. The number of esters is 1. The summed E-state index contributed by atoms with van der Waals surface area (Å²) in [6, 6.07) is 13.8. The van der Waals surface area contributed by atoms with Crippen LogP contribution < -0.4 is 0 Å². The Labute approximate surface area is 132 Å². The predicted octanol–water partition coefficient (Wildman–Crippen LogP) is 3.38. The van der Waals surface area contributed by atoms with Crippen molar-refractivity contribution in [3.63, 3.8) is 0 Å². The number of ether oxygens (including phenoxy) is 1. The Morgan fingerprint density at radius 3 is 2.57 bits per heavy atom. The van der Waals surface area contributed by atoms with Crippen molar-refractivity contribution in [1.82, 2.24) is 4.57 Å². The van der Waals surface area contributed by atoms with Crippen LogP contribution in [0.3, 0.4) is 0 Å². The summed E-state index contributed by atoms with van der Waals surface area (Å²) in [7, 11) is 1.36. The van der Waals surface area contributed by atoms with Gasteiger partial charge in [-0.25, -0.2) is 4.79 Å². The summed E-state index contributed by atoms with van der Waals surface area (Å²) in [5.41, 5.74) is 2.44. The van der Waals surface area contributed by atoms with Gasteiger partial charge in [-0.1, -0.05) is 18.2 Å². The molecule has 2 aromatic carbocycles. The highest BCUT2D eigenvalue weighted by Crippen LogP contribution is 2.22. The summed E-state index contributed by atoms with van der Waals surface area (Å²) in [5.74, 6) is -0.372. The molecule has 0 saturated heterocycles. The average Bonchev–Trinajstić information content (AvgIpc) is 2.97. The highest BCUT2D eigenvalue weighted by Gasteiger charge is 2.12. The number of nitro groups is 1. The van der Waals surface area contributed by atoms with Gasteiger partial charge in [0.25, 0.3) is 5.69 Å². The molecular formula is C17H14N2O4. The van der Waals surface area contributed by atoms with Crippen molar-refractivity contribution in [3.8, 4) is 0 Å². The van der Waals surface area contributed by atoms with Gasteiger partial charge in [-0.15, -0.1) is 0 Å². The first-order chi connectivity index (χ1) is 11.1. The van der Waals surface area contributed by atoms with E-state index in [0.717, 1.165) is 16.5 Å². The summed E-state index contributed by atoms with van der Waals surface area (Å²) in [6.07, 6.45) is 1.89. The zero-order valence-corrected chi connectivity index (χ0v) is 12.4. The number of hydrogen-bond donors (Lipinski definition) is 0. The zero-order chi connectivity index (χ0) is 16.4. The standard InChI is InChI=1S/C17H14N2O4/c1-23-17(20)15-3-2-4-16-14(15)9-10-18(16)11-12-5-7-13(8-6-12)19(21)22/h2-10H,11H2,1H3. The van der Waals surface area contributed by atoms with Crippen molar-refractivity contribution in [3.05, 3.63) is 76.0 Å². The van der Waals surface area contributed by atoms with E-state index < -0.39 is 4.92 Å². The van der Waals surface area contributed by atoms with Gasteiger partial charge in [0, 0.05) is 35.8 Å². The van der Waals surface area contributed by atoms with Gasteiger partial charge in [0.05, 0.1) is 17.6 Å². The first-order valence-corrected chi connectivity index (χ1v) is 6.99. The Kier molecular flexibility index (Phi) is 3.80. The lowest BCUT2D eigenvalue weighted by Gasteiger charge is -2.07. The van der Waals surface area contributed by atoms with Crippen LogP contribution in [-0.2, 0) is 11.3 Å². The fraction of sp³-hybridized carbons (Fsp3) is 0.118. The second-order valence-electron chi connectivity index (χ2n) is 5.10. The summed E-state index contributed by atoms with van der Waals surface area (Å²) in [6.45, 7) is 0.562. The molecule has 0 saturated carbocycles. The fourth-order valence-corrected chi connectivity index (χ4v) is 2.57. The summed E-state index contributed by atoms with van der Waals surface area (Å²) >= 11 is 0. The number of carbonyl (C=O) groups excluding carboxylic acids is 1. The number of nitrogens with zero attached hydrogens (tertiary/aromatic N) is 2. The fourth-order valence-electron chi connectivity index (χ4n) is 2.57. The van der Waals surface area contributed by atoms with Gasteiger partial charge in [-0.3, -0.25) is 10.1 Å². The zero-order valence-electron chi connectivity index (χ0n) is 12.4. The quantitative estimate of drug-likeness (QED) is 0.420. The van der Waals surface area contributed by atoms with Gasteiger partial charge in [-0.05, 0) is 23.8 Å². The topological polar surface area (TPSA) is 74.4 Å². The first-order valence-electron chi connectivity index (χ1n) is 6.99. The first kappa shape index (κ1) is 14.8. The molecule has 3 rings (SSSR count). The van der Waals surface area contributed by atoms with Gasteiger partial charge in [0.15, 0.2) is 0 Å². The van der Waals surface area contributed by atoms with Crippen molar-refractivity contribution >= 4 is 22.6 Å². The highest BCUT2D eigenvalue weighted by molar-refractivity contribution is 6.03. The molecule has 6 nitrogen and oxygen atoms in total. The number of non-ortho nitro benzene ring substituents is 1. The van der Waals surface area contributed by atoms with Crippen molar-refractivity contribution < 1.29 is 14.5 Å². The van der Waals surface area contributed by atoms with E-state index in [0.29, 0.717) is 12.1 Å². The second-order valence-corrected chi connectivity index (χ2v) is 5.10. The summed E-state index contributed by atoms with van der Waals surface area (Å²) in [5, 5.41) is 11.5. The molecule has 0 aliphatic rings. The lowest BCUT2D eigenvalue weighted by atomic mass is 10.1. The van der Waals surface area contributed by atoms with Crippen molar-refractivity contribution in [2.24, 2.45) is 0 Å². The molecule has 0 aliphatic carbocycles. The molecule has 0 bridgehead atoms. The predicted molar refractivity (Wildman–Crippen MR) is 85.5 cm³/mol. The Hall–Kier alpha value is -3.15. The van der Waals surface area contributed by atoms with E-state index in [1.807, 2.05) is 22.9 Å². The van der Waals surface area contributed by atoms with E-state index in [1.165, 1.54) is 19.2 Å². The van der Waals surface area contributed by atoms with E-state index in [-0.39, 0.29) is 11.7 Å². The number of methoxy groups -OCH3 is 1. The molecule has 1 aromatic heterocycles. The number of hydrogen-bond acceptors (Lipinski definition) is 4. The van der Waals surface area contributed by atoms with E-state index >= 15 is 0 Å². The van der Waals surface area contributed by atoms with Gasteiger partial charge in [0.2, 0.25) is 0 Å². The molecule has 0 N–H and O–H groups in total. The Bertz CT molecular complexity index is 881. The molecule has 0 amide bonds. The van der Waals surface area contributed by atoms with Crippen LogP contribution in [0.25, 0.3) is 10.9 Å². The van der Waals surface area contributed by atoms with Crippen LogP contribution in [0.5, 0.6) is 0 Å². The summed E-state index contributed by atoms with van der Waals surface area (Å²) < 4.78 is 6.78. The molecule has 0 fully saturated rings. The molecule has 0 radical (unpaired) electrons. The lowest BCUT2D eigenvalue weighted by molar-refractivity contribution is -0.384. The molecule has 0 aliphatic heterocycles. The van der Waals surface area contributed by atoms with E-state index in [4.69, 9.17) is 4.74 Å². The maximum atomic E-state index is 11.8. The van der Waals surface area contributed by atoms with Gasteiger partial charge in [0.1, 0.15) is 0 Å². The third kappa shape index (κ3) is 2.78. The number of aromatic nitrogens is 1. The number of nitro benzene ring substituents is 1. The van der Waals surface area contributed by atoms with Crippen LogP contribution in [0.1, 0.15) is 15.9 Å². The van der Waals surface area contributed by atoms with Crippen molar-refractivity contribution in [2.75, 3.05) is 7.11 Å². The van der Waals surface area contributed by atoms with Gasteiger partial charge in [-0.2, -0.15) is 0 Å². The van der Waals surface area contributed by atoms with E-state index in [1.54, 1.807) is 24.3 Å². The smallest absolute Gasteiger partial charge is 0.338 e. The number of rotatable bonds is 4. The SMILES string of the molecule is COC(=O)c1cccc2c1ccn2Cc1ccc([N+](=O)[O-])cc1. The van der Waals surface area contributed by atoms with Crippen LogP contribution in [0, 0.1) is 10.1 Å². The van der Waals surface area contributed by atoms with Crippen LogP contribution in [0.2, 0.25) is 0 Å². The molecule has 6 heteroatoms. The Balaban J connectivity index is 1.95. The third-order valence-electron chi connectivity index (χ3n) is 3.72.